The predicted molar refractivity (Wildman–Crippen MR) is 135 cm³/mol. The van der Waals surface area contributed by atoms with Gasteiger partial charge in [-0.15, -0.1) is 0 Å². The molecule has 188 valence electrons. The molecule has 4 aromatic rings. The zero-order valence-electron chi connectivity index (χ0n) is 20.4. The number of piperazine rings is 1. The number of hydrogen-bond donors (Lipinski definition) is 1. The Labute approximate surface area is 207 Å². The number of fused-ring (bicyclic) bond motifs is 1. The summed E-state index contributed by atoms with van der Waals surface area (Å²) in [7, 11) is 1.66. The highest BCUT2D eigenvalue weighted by Gasteiger charge is 2.19. The number of aromatic nitrogens is 4. The number of alkyl halides is 2. The zero-order valence-corrected chi connectivity index (χ0v) is 20.4. The van der Waals surface area contributed by atoms with E-state index in [9.17, 15) is 13.6 Å². The highest BCUT2D eigenvalue weighted by atomic mass is 19.3. The van der Waals surface area contributed by atoms with Crippen molar-refractivity contribution in [3.8, 4) is 17.0 Å². The van der Waals surface area contributed by atoms with Crippen LogP contribution < -0.4 is 20.5 Å². The van der Waals surface area contributed by atoms with E-state index in [1.807, 2.05) is 19.1 Å². The van der Waals surface area contributed by atoms with Crippen LogP contribution in [0.5, 0.6) is 5.75 Å². The van der Waals surface area contributed by atoms with Gasteiger partial charge in [0, 0.05) is 43.9 Å². The second-order valence-corrected chi connectivity index (χ2v) is 9.17. The monoisotopic (exact) mass is 494 g/mol. The molecule has 3 heterocycles. The molecule has 1 aliphatic rings. The van der Waals surface area contributed by atoms with Crippen LogP contribution in [-0.2, 0) is 13.6 Å². The zero-order chi connectivity index (χ0) is 25.4. The average Bonchev–Trinajstić information content (AvgIpc) is 3.10. The number of ether oxygens (including phenoxy) is 1. The summed E-state index contributed by atoms with van der Waals surface area (Å²) in [6.07, 6.45) is 3.51. The summed E-state index contributed by atoms with van der Waals surface area (Å²) in [5.74, 6) is 0.917. The molecule has 8 nitrogen and oxygen atoms in total. The lowest BCUT2D eigenvalue weighted by molar-refractivity contribution is -0.0505. The van der Waals surface area contributed by atoms with E-state index < -0.39 is 6.61 Å². The number of benzene rings is 2. The first kappa shape index (κ1) is 23.9. The normalized spacial score (nSPS) is 16.2. The molecule has 5 rings (SSSR count). The van der Waals surface area contributed by atoms with Gasteiger partial charge in [0.1, 0.15) is 11.6 Å². The van der Waals surface area contributed by atoms with Gasteiger partial charge in [-0.2, -0.15) is 8.78 Å². The number of anilines is 1. The molecule has 36 heavy (non-hydrogen) atoms. The summed E-state index contributed by atoms with van der Waals surface area (Å²) in [5.41, 5.74) is 3.46. The Kier molecular flexibility index (Phi) is 6.44. The SMILES string of the molecule is Cc1ccc(OC(F)F)c(Cn2c3cc(-c4cnc(N5CCN[C@H](C)C5)cn4)ccc3c(=O)n2C)c1. The van der Waals surface area contributed by atoms with Gasteiger partial charge in [-0.3, -0.25) is 19.1 Å². The van der Waals surface area contributed by atoms with Crippen molar-refractivity contribution in [3.63, 3.8) is 0 Å². The fourth-order valence-electron chi connectivity index (χ4n) is 4.70. The number of nitrogens with one attached hydrogen (secondary N) is 1. The Bertz CT molecular complexity index is 1450. The Hall–Kier alpha value is -3.79. The first-order chi connectivity index (χ1) is 17.3. The van der Waals surface area contributed by atoms with Crippen LogP contribution in [0.15, 0.2) is 53.6 Å². The van der Waals surface area contributed by atoms with Crippen molar-refractivity contribution in [3.05, 3.63) is 70.3 Å². The Morgan fingerprint density at radius 1 is 1.17 bits per heavy atom. The van der Waals surface area contributed by atoms with E-state index >= 15 is 0 Å². The van der Waals surface area contributed by atoms with Crippen LogP contribution in [0.4, 0.5) is 14.6 Å². The second kappa shape index (κ2) is 9.69. The minimum absolute atomic E-state index is 0.0877. The summed E-state index contributed by atoms with van der Waals surface area (Å²) in [6, 6.07) is 10.9. The number of aryl methyl sites for hydroxylation is 1. The Morgan fingerprint density at radius 3 is 2.72 bits per heavy atom. The third kappa shape index (κ3) is 4.68. The van der Waals surface area contributed by atoms with Crippen LogP contribution in [0.2, 0.25) is 0 Å². The lowest BCUT2D eigenvalue weighted by Crippen LogP contribution is -2.49. The van der Waals surface area contributed by atoms with E-state index in [4.69, 9.17) is 4.74 Å². The Morgan fingerprint density at radius 2 is 2.00 bits per heavy atom. The van der Waals surface area contributed by atoms with E-state index in [0.717, 1.165) is 36.6 Å². The third-order valence-electron chi connectivity index (χ3n) is 6.54. The standard InChI is InChI=1S/C26H28F2N6O2/c1-16-4-7-23(36-26(27)28)19(10-16)15-34-22-11-18(5-6-20(22)25(35)32(34)3)21-12-31-24(13-30-21)33-9-8-29-17(2)14-33/h4-7,10-13,17,26,29H,8-9,14-15H2,1-3H3/t17-/m1/s1. The van der Waals surface area contributed by atoms with E-state index in [1.165, 1.54) is 10.7 Å². The molecule has 0 amide bonds. The van der Waals surface area contributed by atoms with Crippen molar-refractivity contribution >= 4 is 16.7 Å². The lowest BCUT2D eigenvalue weighted by Gasteiger charge is -2.32. The van der Waals surface area contributed by atoms with Gasteiger partial charge in [-0.25, -0.2) is 4.98 Å². The van der Waals surface area contributed by atoms with Crippen LogP contribution >= 0.6 is 0 Å². The maximum absolute atomic E-state index is 13.0. The summed E-state index contributed by atoms with van der Waals surface area (Å²) < 4.78 is 33.9. The van der Waals surface area contributed by atoms with Crippen molar-refractivity contribution in [2.45, 2.75) is 33.0 Å². The molecule has 2 aromatic carbocycles. The maximum Gasteiger partial charge on any atom is 0.387 e. The van der Waals surface area contributed by atoms with Crippen molar-refractivity contribution in [1.29, 1.82) is 0 Å². The summed E-state index contributed by atoms with van der Waals surface area (Å²) in [5, 5.41) is 3.95. The Balaban J connectivity index is 1.50. The van der Waals surface area contributed by atoms with Crippen molar-refractivity contribution < 1.29 is 13.5 Å². The minimum atomic E-state index is -2.94. The quantitative estimate of drug-likeness (QED) is 0.442. The predicted octanol–water partition coefficient (Wildman–Crippen LogP) is 3.55. The molecule has 1 aliphatic heterocycles. The molecule has 1 saturated heterocycles. The topological polar surface area (TPSA) is 77.2 Å². The van der Waals surface area contributed by atoms with Crippen molar-refractivity contribution in [2.24, 2.45) is 7.05 Å². The molecule has 2 aromatic heterocycles. The molecule has 0 spiro atoms. The fourth-order valence-corrected chi connectivity index (χ4v) is 4.70. The molecule has 0 bridgehead atoms. The van der Waals surface area contributed by atoms with Gasteiger partial charge in [0.2, 0.25) is 0 Å². The van der Waals surface area contributed by atoms with E-state index in [1.54, 1.807) is 42.3 Å². The van der Waals surface area contributed by atoms with E-state index in [-0.39, 0.29) is 17.9 Å². The fraction of sp³-hybridized carbons (Fsp3) is 0.346. The van der Waals surface area contributed by atoms with Gasteiger partial charge >= 0.3 is 6.61 Å². The van der Waals surface area contributed by atoms with Gasteiger partial charge in [0.25, 0.3) is 5.56 Å². The van der Waals surface area contributed by atoms with Crippen LogP contribution in [0.3, 0.4) is 0 Å². The number of rotatable bonds is 6. The first-order valence-electron chi connectivity index (χ1n) is 11.8. The van der Waals surface area contributed by atoms with Crippen molar-refractivity contribution in [2.75, 3.05) is 24.5 Å². The second-order valence-electron chi connectivity index (χ2n) is 9.17. The van der Waals surface area contributed by atoms with Crippen LogP contribution in [-0.4, -0.2) is 51.6 Å². The molecule has 0 saturated carbocycles. The maximum atomic E-state index is 13.0. The summed E-state index contributed by atoms with van der Waals surface area (Å²) in [6.45, 7) is 3.91. The van der Waals surface area contributed by atoms with Gasteiger partial charge < -0.3 is 15.0 Å². The molecule has 1 atom stereocenters. The van der Waals surface area contributed by atoms with Gasteiger partial charge in [0.05, 0.1) is 35.5 Å². The smallest absolute Gasteiger partial charge is 0.387 e. The van der Waals surface area contributed by atoms with Crippen LogP contribution in [0, 0.1) is 6.92 Å². The molecule has 0 unspecified atom stereocenters. The molecule has 1 fully saturated rings. The molecular weight excluding hydrogens is 466 g/mol. The summed E-state index contributed by atoms with van der Waals surface area (Å²) >= 11 is 0. The summed E-state index contributed by atoms with van der Waals surface area (Å²) in [4.78, 5) is 24.4. The minimum Gasteiger partial charge on any atom is -0.434 e. The van der Waals surface area contributed by atoms with E-state index in [0.29, 0.717) is 28.2 Å². The third-order valence-corrected chi connectivity index (χ3v) is 6.54. The van der Waals surface area contributed by atoms with Gasteiger partial charge in [-0.05, 0) is 32.0 Å². The van der Waals surface area contributed by atoms with Crippen molar-refractivity contribution in [1.82, 2.24) is 24.6 Å². The molecule has 10 heteroatoms. The molecule has 0 aliphatic carbocycles. The van der Waals surface area contributed by atoms with E-state index in [2.05, 4.69) is 27.1 Å². The molecular formula is C26H28F2N6O2. The molecule has 1 N–H and O–H groups in total. The van der Waals surface area contributed by atoms with Crippen LogP contribution in [0.1, 0.15) is 18.1 Å². The number of nitrogens with zero attached hydrogens (tertiary/aromatic N) is 5. The van der Waals surface area contributed by atoms with Gasteiger partial charge in [-0.1, -0.05) is 23.8 Å². The average molecular weight is 495 g/mol. The highest BCUT2D eigenvalue weighted by Crippen LogP contribution is 2.27. The largest absolute Gasteiger partial charge is 0.434 e. The number of hydrogen-bond acceptors (Lipinski definition) is 6. The molecule has 0 radical (unpaired) electrons. The lowest BCUT2D eigenvalue weighted by atomic mass is 10.1. The van der Waals surface area contributed by atoms with Gasteiger partial charge in [0.15, 0.2) is 0 Å². The first-order valence-corrected chi connectivity index (χ1v) is 11.8. The van der Waals surface area contributed by atoms with Crippen LogP contribution in [0.25, 0.3) is 22.2 Å². The number of halogens is 2. The highest BCUT2D eigenvalue weighted by molar-refractivity contribution is 5.84.